The molecule has 7 amide bonds. The Labute approximate surface area is 274 Å². The van der Waals surface area contributed by atoms with Gasteiger partial charge in [0.1, 0.15) is 30.2 Å². The number of hydrogen-bond acceptors (Lipinski definition) is 9. The molecule has 47 heavy (non-hydrogen) atoms. The van der Waals surface area contributed by atoms with Gasteiger partial charge >= 0.3 is 0 Å². The fourth-order valence-corrected chi connectivity index (χ4v) is 4.86. The molecule has 1 aliphatic rings. The lowest BCUT2D eigenvalue weighted by Gasteiger charge is -2.29. The third-order valence-electron chi connectivity index (χ3n) is 8.25. The van der Waals surface area contributed by atoms with Crippen LogP contribution in [0.25, 0.3) is 0 Å². The van der Waals surface area contributed by atoms with E-state index in [1.165, 1.54) is 31.3 Å². The average molecular weight is 663 g/mol. The number of carbonyl (C=O) groups excluding carboxylic acids is 7. The minimum atomic E-state index is -1.08. The maximum Gasteiger partial charge on any atom is 0.243 e. The number of imidazole rings is 1. The molecule has 0 saturated carbocycles. The fourth-order valence-electron chi connectivity index (χ4n) is 4.86. The molecule has 0 aliphatic carbocycles. The molecule has 0 unspecified atom stereocenters. The van der Waals surface area contributed by atoms with E-state index in [9.17, 15) is 33.6 Å². The van der Waals surface area contributed by atoms with Gasteiger partial charge in [0.25, 0.3) is 0 Å². The van der Waals surface area contributed by atoms with E-state index >= 15 is 0 Å². The largest absolute Gasteiger partial charge is 0.368 e. The Hall–Kier alpha value is -4.54. The first-order valence-electron chi connectivity index (χ1n) is 15.9. The number of carbonyl (C=O) groups is 7. The zero-order valence-electron chi connectivity index (χ0n) is 27.9. The number of aromatic nitrogens is 2. The van der Waals surface area contributed by atoms with Crippen molar-refractivity contribution in [1.82, 2.24) is 41.5 Å². The smallest absolute Gasteiger partial charge is 0.243 e. The summed E-state index contributed by atoms with van der Waals surface area (Å²) < 4.78 is 0. The number of H-pyrrole nitrogens is 1. The highest BCUT2D eigenvalue weighted by Crippen LogP contribution is 2.19. The van der Waals surface area contributed by atoms with Crippen LogP contribution in [0.2, 0.25) is 0 Å². The van der Waals surface area contributed by atoms with Crippen LogP contribution in [0.3, 0.4) is 0 Å². The van der Waals surface area contributed by atoms with Crippen LogP contribution >= 0.6 is 0 Å². The van der Waals surface area contributed by atoms with Gasteiger partial charge in [-0.1, -0.05) is 34.1 Å². The van der Waals surface area contributed by atoms with Crippen LogP contribution in [-0.4, -0.2) is 106 Å². The van der Waals surface area contributed by atoms with Gasteiger partial charge in [-0.05, 0) is 38.5 Å². The van der Waals surface area contributed by atoms with Gasteiger partial charge in [-0.3, -0.25) is 33.6 Å². The summed E-state index contributed by atoms with van der Waals surface area (Å²) in [6, 6.07) is -5.75. The molecule has 1 fully saturated rings. The van der Waals surface area contributed by atoms with Gasteiger partial charge in [-0.15, -0.1) is 0 Å². The Morgan fingerprint density at radius 2 is 1.60 bits per heavy atom. The molecule has 1 aromatic heterocycles. The Bertz CT molecular complexity index is 1270. The molecule has 0 spiro atoms. The van der Waals surface area contributed by atoms with E-state index in [-0.39, 0.29) is 24.8 Å². The Morgan fingerprint density at radius 1 is 0.936 bits per heavy atom. The van der Waals surface area contributed by atoms with Crippen molar-refractivity contribution in [2.24, 2.45) is 23.3 Å². The first kappa shape index (κ1) is 38.6. The number of hydrogen-bond donors (Lipinski definition) is 8. The van der Waals surface area contributed by atoms with Gasteiger partial charge in [0.15, 0.2) is 0 Å². The van der Waals surface area contributed by atoms with Gasteiger partial charge in [-0.2, -0.15) is 0 Å². The number of rotatable bonds is 17. The molecule has 17 nitrogen and oxygen atoms in total. The molecule has 1 aromatic rings. The fraction of sp³-hybridized carbons (Fsp3) is 0.667. The van der Waals surface area contributed by atoms with Gasteiger partial charge in [0, 0.05) is 24.9 Å². The van der Waals surface area contributed by atoms with Crippen molar-refractivity contribution in [2.45, 2.75) is 103 Å². The lowest BCUT2D eigenvalue weighted by Crippen LogP contribution is -2.58. The second-order valence-electron chi connectivity index (χ2n) is 12.3. The van der Waals surface area contributed by atoms with Crippen molar-refractivity contribution < 1.29 is 33.6 Å². The van der Waals surface area contributed by atoms with E-state index in [0.29, 0.717) is 25.0 Å². The summed E-state index contributed by atoms with van der Waals surface area (Å²) >= 11 is 0. The van der Waals surface area contributed by atoms with Crippen LogP contribution in [0, 0.1) is 11.8 Å². The van der Waals surface area contributed by atoms with Crippen molar-refractivity contribution in [2.75, 3.05) is 13.1 Å². The highest BCUT2D eigenvalue weighted by Gasteiger charge is 2.37. The van der Waals surface area contributed by atoms with Crippen LogP contribution < -0.4 is 38.1 Å². The van der Waals surface area contributed by atoms with Crippen molar-refractivity contribution >= 4 is 41.4 Å². The maximum absolute atomic E-state index is 13.3. The van der Waals surface area contributed by atoms with E-state index in [4.69, 9.17) is 11.5 Å². The Kier molecular flexibility index (Phi) is 14.8. The lowest BCUT2D eigenvalue weighted by molar-refractivity contribution is -0.140. The molecular weight excluding hydrogens is 612 g/mol. The summed E-state index contributed by atoms with van der Waals surface area (Å²) in [5, 5.41) is 12.9. The molecule has 1 saturated heterocycles. The second-order valence-corrected chi connectivity index (χ2v) is 12.3. The molecule has 10 N–H and O–H groups in total. The van der Waals surface area contributed by atoms with Crippen LogP contribution in [0.1, 0.15) is 66.5 Å². The van der Waals surface area contributed by atoms with E-state index in [2.05, 4.69) is 36.6 Å². The van der Waals surface area contributed by atoms with Crippen molar-refractivity contribution in [3.8, 4) is 0 Å². The molecular formula is C30H50N10O7. The zero-order valence-corrected chi connectivity index (χ0v) is 27.9. The van der Waals surface area contributed by atoms with Crippen LogP contribution in [-0.2, 0) is 40.0 Å². The average Bonchev–Trinajstić information content (AvgIpc) is 3.73. The topological polar surface area (TPSA) is 264 Å². The van der Waals surface area contributed by atoms with Crippen LogP contribution in [0.4, 0.5) is 0 Å². The van der Waals surface area contributed by atoms with Crippen LogP contribution in [0.5, 0.6) is 0 Å². The van der Waals surface area contributed by atoms with Crippen LogP contribution in [0.15, 0.2) is 12.5 Å². The summed E-state index contributed by atoms with van der Waals surface area (Å²) in [6.07, 6.45) is 4.45. The highest BCUT2D eigenvalue weighted by atomic mass is 16.2. The van der Waals surface area contributed by atoms with Gasteiger partial charge in [0.05, 0.1) is 18.9 Å². The molecule has 2 heterocycles. The molecule has 7 atom stereocenters. The lowest BCUT2D eigenvalue weighted by atomic mass is 9.97. The van der Waals surface area contributed by atoms with E-state index in [1.54, 1.807) is 20.8 Å². The molecule has 17 heteroatoms. The standard InChI is InChI=1S/C30H50N10O7/c1-7-16(4)24(30(47)36-17(5)25(32)42)39-28(45)21-9-8-10-40(21)22(41)13-34-26(43)18(6)37-27(44)20(11-19-12-33-14-35-19)38-29(46)23(31)15(2)3/h12,14-18,20-21,23-24H,7-11,13,31H2,1-6H3,(H2,32,42)(H,33,35)(H,34,43)(H,36,47)(H,37,44)(H,38,46)(H,39,45)/t16-,17+,18-,20-,21-,23-,24-/m0/s1. The molecule has 0 bridgehead atoms. The first-order valence-corrected chi connectivity index (χ1v) is 15.9. The monoisotopic (exact) mass is 662 g/mol. The van der Waals surface area contributed by atoms with Gasteiger partial charge < -0.3 is 47.9 Å². The minimum absolute atomic E-state index is 0.0668. The highest BCUT2D eigenvalue weighted by molar-refractivity contribution is 5.96. The quantitative estimate of drug-likeness (QED) is 0.0879. The number of aromatic amines is 1. The predicted molar refractivity (Wildman–Crippen MR) is 171 cm³/mol. The van der Waals surface area contributed by atoms with Crippen molar-refractivity contribution in [3.63, 3.8) is 0 Å². The number of nitrogens with two attached hydrogens (primary N) is 2. The molecule has 262 valence electrons. The molecule has 2 rings (SSSR count). The predicted octanol–water partition coefficient (Wildman–Crippen LogP) is -2.45. The van der Waals surface area contributed by atoms with Crippen molar-refractivity contribution in [1.29, 1.82) is 0 Å². The second kappa shape index (κ2) is 18.0. The Morgan fingerprint density at radius 3 is 2.17 bits per heavy atom. The number of primary amides is 1. The summed E-state index contributed by atoms with van der Waals surface area (Å²) in [5.74, 6) is -4.61. The number of nitrogens with zero attached hydrogens (tertiary/aromatic N) is 2. The third-order valence-corrected chi connectivity index (χ3v) is 8.25. The van der Waals surface area contributed by atoms with Gasteiger partial charge in [0.2, 0.25) is 41.4 Å². The maximum atomic E-state index is 13.3. The first-order chi connectivity index (χ1) is 22.1. The van der Waals surface area contributed by atoms with E-state index < -0.39 is 84.1 Å². The SMILES string of the molecule is CC[C@H](C)[C@H](NC(=O)[C@@H]1CCCN1C(=O)CNC(=O)[C@H](C)NC(=O)[C@H](Cc1cnc[nH]1)NC(=O)[C@@H](N)C(C)C)C(=O)N[C@H](C)C(N)=O. The third kappa shape index (κ3) is 11.3. The van der Waals surface area contributed by atoms with Crippen molar-refractivity contribution in [3.05, 3.63) is 18.2 Å². The number of likely N-dealkylation sites (tertiary alicyclic amines) is 1. The summed E-state index contributed by atoms with van der Waals surface area (Å²) in [4.78, 5) is 97.4. The molecule has 1 aliphatic heterocycles. The number of amides is 7. The Balaban J connectivity index is 1.99. The normalized spacial score (nSPS) is 18.2. The summed E-state index contributed by atoms with van der Waals surface area (Å²) in [6.45, 7) is 9.88. The summed E-state index contributed by atoms with van der Waals surface area (Å²) in [5.41, 5.74) is 11.8. The van der Waals surface area contributed by atoms with Gasteiger partial charge in [-0.25, -0.2) is 4.98 Å². The van der Waals surface area contributed by atoms with E-state index in [1.807, 2.05) is 6.92 Å². The minimum Gasteiger partial charge on any atom is -0.368 e. The zero-order chi connectivity index (χ0) is 35.4. The molecule has 0 radical (unpaired) electrons. The van der Waals surface area contributed by atoms with E-state index in [0.717, 1.165) is 0 Å². The number of nitrogens with one attached hydrogen (secondary N) is 6. The molecule has 0 aromatic carbocycles. The summed E-state index contributed by atoms with van der Waals surface area (Å²) in [7, 11) is 0.